The van der Waals surface area contributed by atoms with Gasteiger partial charge in [0, 0.05) is 10.9 Å². The van der Waals surface area contributed by atoms with Crippen molar-refractivity contribution in [2.45, 2.75) is 26.2 Å². The second-order valence-electron chi connectivity index (χ2n) is 4.21. The van der Waals surface area contributed by atoms with Crippen LogP contribution < -0.4 is 5.73 Å². The van der Waals surface area contributed by atoms with Gasteiger partial charge in [0.15, 0.2) is 0 Å². The molecule has 80 valence electrons. The van der Waals surface area contributed by atoms with Crippen LogP contribution >= 0.6 is 0 Å². The molecular formula is C13H17NO. The van der Waals surface area contributed by atoms with Gasteiger partial charge >= 0.3 is 0 Å². The fraction of sp³-hybridized carbons (Fsp3) is 0.385. The van der Waals surface area contributed by atoms with E-state index in [1.165, 1.54) is 16.5 Å². The van der Waals surface area contributed by atoms with Crippen LogP contribution in [-0.2, 0) is 6.42 Å². The van der Waals surface area contributed by atoms with Gasteiger partial charge in [-0.3, -0.25) is 0 Å². The van der Waals surface area contributed by atoms with Crippen molar-refractivity contribution in [3.05, 3.63) is 35.6 Å². The molecule has 0 unspecified atom stereocenters. The fourth-order valence-corrected chi connectivity index (χ4v) is 1.87. The maximum Gasteiger partial charge on any atom is 0.134 e. The molecule has 2 rings (SSSR count). The van der Waals surface area contributed by atoms with Gasteiger partial charge in [-0.15, -0.1) is 0 Å². The van der Waals surface area contributed by atoms with Crippen LogP contribution in [0.25, 0.3) is 11.0 Å². The van der Waals surface area contributed by atoms with E-state index in [-0.39, 0.29) is 0 Å². The van der Waals surface area contributed by atoms with Crippen molar-refractivity contribution in [1.82, 2.24) is 0 Å². The highest BCUT2D eigenvalue weighted by molar-refractivity contribution is 5.82. The fourth-order valence-electron chi connectivity index (χ4n) is 1.87. The molecule has 1 aromatic heterocycles. The summed E-state index contributed by atoms with van der Waals surface area (Å²) in [6, 6.07) is 6.32. The topological polar surface area (TPSA) is 39.2 Å². The Labute approximate surface area is 90.1 Å². The summed E-state index contributed by atoms with van der Waals surface area (Å²) in [5, 5.41) is 1.23. The van der Waals surface area contributed by atoms with Gasteiger partial charge in [-0.05, 0) is 36.6 Å². The normalized spacial score (nSPS) is 11.5. The van der Waals surface area contributed by atoms with E-state index in [9.17, 15) is 0 Å². The Kier molecular flexibility index (Phi) is 2.78. The van der Waals surface area contributed by atoms with E-state index in [2.05, 4.69) is 26.0 Å². The average Bonchev–Trinajstić information content (AvgIpc) is 2.61. The van der Waals surface area contributed by atoms with Gasteiger partial charge in [0.1, 0.15) is 5.58 Å². The molecule has 0 fully saturated rings. The first-order chi connectivity index (χ1) is 7.22. The van der Waals surface area contributed by atoms with Gasteiger partial charge in [0.05, 0.1) is 6.26 Å². The minimum Gasteiger partial charge on any atom is -0.464 e. The summed E-state index contributed by atoms with van der Waals surface area (Å²) in [7, 11) is 0. The molecule has 0 bridgehead atoms. The molecule has 1 aromatic carbocycles. The molecule has 0 atom stereocenters. The van der Waals surface area contributed by atoms with E-state index in [4.69, 9.17) is 10.2 Å². The first kappa shape index (κ1) is 10.2. The number of nitrogens with two attached hydrogens (primary N) is 1. The summed E-state index contributed by atoms with van der Waals surface area (Å²) in [5.74, 6) is 0.499. The van der Waals surface area contributed by atoms with Crippen molar-refractivity contribution in [3.8, 4) is 0 Å². The van der Waals surface area contributed by atoms with E-state index in [0.29, 0.717) is 12.5 Å². The van der Waals surface area contributed by atoms with E-state index in [1.807, 2.05) is 12.3 Å². The number of benzene rings is 1. The number of hydrogen-bond donors (Lipinski definition) is 1. The van der Waals surface area contributed by atoms with Crippen LogP contribution in [0.15, 0.2) is 28.9 Å². The number of furan rings is 1. The first-order valence-corrected chi connectivity index (χ1v) is 5.42. The lowest BCUT2D eigenvalue weighted by Gasteiger charge is -2.02. The van der Waals surface area contributed by atoms with E-state index in [1.54, 1.807) is 0 Å². The van der Waals surface area contributed by atoms with Crippen molar-refractivity contribution < 1.29 is 4.42 Å². The summed E-state index contributed by atoms with van der Waals surface area (Å²) in [5.41, 5.74) is 9.09. The van der Waals surface area contributed by atoms with Crippen LogP contribution in [0.2, 0.25) is 0 Å². The van der Waals surface area contributed by atoms with Gasteiger partial charge in [-0.25, -0.2) is 0 Å². The zero-order valence-electron chi connectivity index (χ0n) is 9.29. The van der Waals surface area contributed by atoms with Crippen LogP contribution in [0.4, 0.5) is 0 Å². The predicted octanol–water partition coefficient (Wildman–Crippen LogP) is 3.06. The number of rotatable bonds is 3. The van der Waals surface area contributed by atoms with Crippen LogP contribution in [0.3, 0.4) is 0 Å². The highest BCUT2D eigenvalue weighted by Gasteiger charge is 2.09. The van der Waals surface area contributed by atoms with Crippen molar-refractivity contribution in [3.63, 3.8) is 0 Å². The summed E-state index contributed by atoms with van der Waals surface area (Å²) < 4.78 is 5.51. The van der Waals surface area contributed by atoms with E-state index >= 15 is 0 Å². The molecule has 0 aliphatic rings. The smallest absolute Gasteiger partial charge is 0.134 e. The molecule has 0 saturated heterocycles. The molecular weight excluding hydrogens is 186 g/mol. The Morgan fingerprint density at radius 3 is 2.80 bits per heavy atom. The minimum atomic E-state index is 0.499. The predicted molar refractivity (Wildman–Crippen MR) is 63.1 cm³/mol. The second kappa shape index (κ2) is 4.07. The number of fused-ring (bicyclic) bond motifs is 1. The Morgan fingerprint density at radius 1 is 1.33 bits per heavy atom. The summed E-state index contributed by atoms with van der Waals surface area (Å²) >= 11 is 0. The lowest BCUT2D eigenvalue weighted by molar-refractivity contribution is 0.606. The highest BCUT2D eigenvalue weighted by atomic mass is 16.3. The molecule has 2 aromatic rings. The SMILES string of the molecule is CC(C)c1coc2ccc(CCN)cc12. The molecule has 0 radical (unpaired) electrons. The molecule has 0 amide bonds. The van der Waals surface area contributed by atoms with Crippen LogP contribution in [0.1, 0.15) is 30.9 Å². The molecule has 0 saturated carbocycles. The maximum absolute atomic E-state index is 5.55. The van der Waals surface area contributed by atoms with Crippen molar-refractivity contribution in [2.75, 3.05) is 6.54 Å². The number of hydrogen-bond acceptors (Lipinski definition) is 2. The molecule has 0 aliphatic heterocycles. The van der Waals surface area contributed by atoms with Gasteiger partial charge in [0.2, 0.25) is 0 Å². The van der Waals surface area contributed by atoms with Crippen molar-refractivity contribution in [1.29, 1.82) is 0 Å². The molecule has 2 N–H and O–H groups in total. The Balaban J connectivity index is 2.51. The monoisotopic (exact) mass is 203 g/mol. The van der Waals surface area contributed by atoms with Gasteiger partial charge < -0.3 is 10.2 Å². The summed E-state index contributed by atoms with van der Waals surface area (Å²) in [4.78, 5) is 0. The van der Waals surface area contributed by atoms with Crippen LogP contribution in [0, 0.1) is 0 Å². The third kappa shape index (κ3) is 1.90. The van der Waals surface area contributed by atoms with Gasteiger partial charge in [-0.1, -0.05) is 19.9 Å². The first-order valence-electron chi connectivity index (χ1n) is 5.42. The van der Waals surface area contributed by atoms with Crippen molar-refractivity contribution in [2.24, 2.45) is 5.73 Å². The second-order valence-corrected chi connectivity index (χ2v) is 4.21. The van der Waals surface area contributed by atoms with E-state index in [0.717, 1.165) is 12.0 Å². The average molecular weight is 203 g/mol. The summed E-state index contributed by atoms with van der Waals surface area (Å²) in [6.45, 7) is 5.06. The zero-order chi connectivity index (χ0) is 10.8. The maximum atomic E-state index is 5.55. The minimum absolute atomic E-state index is 0.499. The largest absolute Gasteiger partial charge is 0.464 e. The highest BCUT2D eigenvalue weighted by Crippen LogP contribution is 2.28. The molecule has 2 heteroatoms. The van der Waals surface area contributed by atoms with Crippen LogP contribution in [0.5, 0.6) is 0 Å². The zero-order valence-corrected chi connectivity index (χ0v) is 9.29. The Morgan fingerprint density at radius 2 is 2.13 bits per heavy atom. The summed E-state index contributed by atoms with van der Waals surface area (Å²) in [6.07, 6.45) is 2.79. The molecule has 15 heavy (non-hydrogen) atoms. The lowest BCUT2D eigenvalue weighted by Crippen LogP contribution is -2.02. The lowest BCUT2D eigenvalue weighted by atomic mass is 10.0. The van der Waals surface area contributed by atoms with Crippen LogP contribution in [-0.4, -0.2) is 6.54 Å². The third-order valence-corrected chi connectivity index (χ3v) is 2.72. The molecule has 0 aliphatic carbocycles. The molecule has 2 nitrogen and oxygen atoms in total. The van der Waals surface area contributed by atoms with Gasteiger partial charge in [-0.2, -0.15) is 0 Å². The molecule has 0 spiro atoms. The van der Waals surface area contributed by atoms with E-state index < -0.39 is 0 Å². The Bertz CT molecular complexity index is 457. The third-order valence-electron chi connectivity index (χ3n) is 2.72. The quantitative estimate of drug-likeness (QED) is 0.832. The standard InChI is InChI=1S/C13H17NO/c1-9(2)12-8-15-13-4-3-10(5-6-14)7-11(12)13/h3-4,7-9H,5-6,14H2,1-2H3. The van der Waals surface area contributed by atoms with Gasteiger partial charge in [0.25, 0.3) is 0 Å². The molecule has 1 heterocycles. The van der Waals surface area contributed by atoms with Crippen molar-refractivity contribution >= 4 is 11.0 Å². The Hall–Kier alpha value is -1.28.